The molecule has 0 unspecified atom stereocenters. The summed E-state index contributed by atoms with van der Waals surface area (Å²) in [6, 6.07) is 11.8. The summed E-state index contributed by atoms with van der Waals surface area (Å²) in [5.41, 5.74) is 20.6. The van der Waals surface area contributed by atoms with Crippen molar-refractivity contribution < 1.29 is 0 Å². The van der Waals surface area contributed by atoms with Crippen LogP contribution in [0.15, 0.2) is 95.7 Å². The molecular weight excluding hydrogens is 540 g/mol. The van der Waals surface area contributed by atoms with Crippen LogP contribution in [0.1, 0.15) is 114 Å². The number of fused-ring (bicyclic) bond motifs is 3. The maximum absolute atomic E-state index is 5.00. The van der Waals surface area contributed by atoms with Gasteiger partial charge in [-0.25, -0.2) is 0 Å². The number of hydrogen-bond donors (Lipinski definition) is 0. The first kappa shape index (κ1) is 31.8. The Morgan fingerprint density at radius 3 is 2.18 bits per heavy atom. The molecule has 1 fully saturated rings. The van der Waals surface area contributed by atoms with Gasteiger partial charge in [0.1, 0.15) is 0 Å². The Morgan fingerprint density at radius 1 is 0.911 bits per heavy atom. The van der Waals surface area contributed by atoms with Gasteiger partial charge in [-0.3, -0.25) is 0 Å². The van der Waals surface area contributed by atoms with E-state index in [4.69, 9.17) is 13.2 Å². The highest BCUT2D eigenvalue weighted by molar-refractivity contribution is 5.90. The van der Waals surface area contributed by atoms with Crippen molar-refractivity contribution in [3.8, 4) is 11.1 Å². The summed E-state index contributed by atoms with van der Waals surface area (Å²) in [5.74, 6) is 0.714. The van der Waals surface area contributed by atoms with E-state index in [9.17, 15) is 0 Å². The number of aryl methyl sites for hydroxylation is 2. The fraction of sp³-hybridized carbons (Fsp3) is 0.467. The van der Waals surface area contributed by atoms with Gasteiger partial charge in [0.25, 0.3) is 0 Å². The highest BCUT2D eigenvalue weighted by Crippen LogP contribution is 2.70. The minimum Gasteiger partial charge on any atom is -0.0996 e. The van der Waals surface area contributed by atoms with Gasteiger partial charge in [-0.2, -0.15) is 0 Å². The molecule has 0 aromatic heterocycles. The third kappa shape index (κ3) is 4.77. The van der Waals surface area contributed by atoms with Crippen molar-refractivity contribution in [1.29, 1.82) is 0 Å². The monoisotopic (exact) mass is 596 g/mol. The van der Waals surface area contributed by atoms with E-state index in [2.05, 4.69) is 98.9 Å². The van der Waals surface area contributed by atoms with E-state index < -0.39 is 0 Å². The highest BCUT2D eigenvalue weighted by Gasteiger charge is 2.59. The molecule has 0 spiro atoms. The Kier molecular flexibility index (Phi) is 7.78. The lowest BCUT2D eigenvalue weighted by molar-refractivity contribution is 0.0544. The van der Waals surface area contributed by atoms with Crippen molar-refractivity contribution in [2.24, 2.45) is 22.2 Å². The van der Waals surface area contributed by atoms with E-state index >= 15 is 0 Å². The first-order valence-electron chi connectivity index (χ1n) is 17.5. The number of allylic oxidation sites excluding steroid dienone is 8. The van der Waals surface area contributed by atoms with Crippen LogP contribution in [0.2, 0.25) is 0 Å². The summed E-state index contributed by atoms with van der Waals surface area (Å²) in [5, 5.41) is 0. The Morgan fingerprint density at radius 2 is 1.56 bits per heavy atom. The molecule has 4 aliphatic rings. The average Bonchev–Trinajstić information content (AvgIpc) is 3.50. The van der Waals surface area contributed by atoms with Crippen LogP contribution in [0.4, 0.5) is 0 Å². The van der Waals surface area contributed by atoms with E-state index in [1.54, 1.807) is 0 Å². The van der Waals surface area contributed by atoms with Crippen molar-refractivity contribution in [2.75, 3.05) is 0 Å². The molecular formula is C45H56. The van der Waals surface area contributed by atoms with Crippen molar-refractivity contribution in [2.45, 2.75) is 113 Å². The van der Waals surface area contributed by atoms with E-state index in [1.165, 1.54) is 104 Å². The summed E-state index contributed by atoms with van der Waals surface area (Å²) < 4.78 is 0. The molecule has 4 aliphatic carbocycles. The van der Waals surface area contributed by atoms with Gasteiger partial charge < -0.3 is 0 Å². The molecule has 236 valence electrons. The SMILES string of the molecule is C=C(C)C1=C(C)C[C@@]2(C)C[C@@]3(C)Cc4c(-c5ccc(C)cc5)cc(CCC(=C)C5CCCC5)c(C)c4C(=C)C3=C(C)[C@@]2(C)C1=C. The summed E-state index contributed by atoms with van der Waals surface area (Å²) in [4.78, 5) is 0. The zero-order chi connectivity index (χ0) is 32.6. The second-order valence-corrected chi connectivity index (χ2v) is 16.2. The van der Waals surface area contributed by atoms with Crippen LogP contribution in [0.3, 0.4) is 0 Å². The lowest BCUT2D eigenvalue weighted by Gasteiger charge is -2.62. The van der Waals surface area contributed by atoms with Crippen molar-refractivity contribution in [1.82, 2.24) is 0 Å². The molecule has 0 aliphatic heterocycles. The first-order chi connectivity index (χ1) is 21.1. The van der Waals surface area contributed by atoms with Gasteiger partial charge in [0, 0.05) is 5.41 Å². The van der Waals surface area contributed by atoms with Crippen LogP contribution in [0.25, 0.3) is 16.7 Å². The molecule has 2 aromatic carbocycles. The normalized spacial score (nSPS) is 28.3. The van der Waals surface area contributed by atoms with Crippen LogP contribution >= 0.6 is 0 Å². The van der Waals surface area contributed by atoms with Gasteiger partial charge in [-0.15, -0.1) is 0 Å². The van der Waals surface area contributed by atoms with Crippen molar-refractivity contribution in [3.05, 3.63) is 123 Å². The largest absolute Gasteiger partial charge is 0.0996 e. The Balaban J connectivity index is 1.53. The molecule has 0 saturated heterocycles. The highest BCUT2D eigenvalue weighted by atomic mass is 14.6. The molecule has 0 N–H and O–H groups in total. The topological polar surface area (TPSA) is 0 Å². The zero-order valence-electron chi connectivity index (χ0n) is 29.7. The van der Waals surface area contributed by atoms with Crippen LogP contribution in [0, 0.1) is 36.0 Å². The second kappa shape index (κ2) is 11.0. The summed E-state index contributed by atoms with van der Waals surface area (Å²) >= 11 is 0. The van der Waals surface area contributed by atoms with Gasteiger partial charge >= 0.3 is 0 Å². The molecule has 0 heterocycles. The minimum atomic E-state index is -0.138. The van der Waals surface area contributed by atoms with E-state index in [0.717, 1.165) is 37.7 Å². The Bertz CT molecular complexity index is 1710. The summed E-state index contributed by atoms with van der Waals surface area (Å²) in [6.45, 7) is 37.8. The third-order valence-corrected chi connectivity index (χ3v) is 13.1. The summed E-state index contributed by atoms with van der Waals surface area (Å²) in [7, 11) is 0. The van der Waals surface area contributed by atoms with Crippen LogP contribution in [0.5, 0.6) is 0 Å². The average molecular weight is 597 g/mol. The Labute approximate surface area is 274 Å². The number of hydrogen-bond acceptors (Lipinski definition) is 0. The van der Waals surface area contributed by atoms with Crippen molar-refractivity contribution >= 4 is 5.57 Å². The fourth-order valence-electron chi connectivity index (χ4n) is 10.7. The van der Waals surface area contributed by atoms with Gasteiger partial charge in [0.05, 0.1) is 0 Å². The van der Waals surface area contributed by atoms with Gasteiger partial charge in [0.2, 0.25) is 0 Å². The molecule has 1 saturated carbocycles. The Hall–Kier alpha value is -3.12. The number of benzene rings is 2. The van der Waals surface area contributed by atoms with Crippen LogP contribution < -0.4 is 0 Å². The molecule has 2 aromatic rings. The maximum atomic E-state index is 5.00. The fourth-order valence-corrected chi connectivity index (χ4v) is 10.7. The molecule has 3 atom stereocenters. The standard InChI is InChI=1S/C45H56/c1-27(2)40-30(5)24-44(11)26-43(10)25-39-38(36-20-17-28(3)18-21-36)23-37(22-19-29(4)35-15-13-14-16-35)31(6)41(39)32(7)42(43)34(9)45(44,12)33(40)8/h17-18,20-21,23,35H,1,4,7-8,13-16,19,22,24-26H2,2-3,5-6,9-12H3/t43-,44+,45-/m1/s1. The maximum Gasteiger partial charge on any atom is 0.0194 e. The van der Waals surface area contributed by atoms with Crippen LogP contribution in [-0.2, 0) is 12.8 Å². The lowest BCUT2D eigenvalue weighted by atomic mass is 9.41. The third-order valence-electron chi connectivity index (χ3n) is 13.1. The first-order valence-corrected chi connectivity index (χ1v) is 17.5. The predicted molar refractivity (Wildman–Crippen MR) is 196 cm³/mol. The van der Waals surface area contributed by atoms with E-state index in [1.807, 2.05) is 0 Å². The second-order valence-electron chi connectivity index (χ2n) is 16.2. The molecule has 0 amide bonds. The van der Waals surface area contributed by atoms with Gasteiger partial charge in [0.15, 0.2) is 0 Å². The van der Waals surface area contributed by atoms with E-state index in [-0.39, 0.29) is 16.2 Å². The summed E-state index contributed by atoms with van der Waals surface area (Å²) in [6.07, 6.45) is 10.7. The zero-order valence-corrected chi connectivity index (χ0v) is 29.7. The predicted octanol–water partition coefficient (Wildman–Crippen LogP) is 12.8. The van der Waals surface area contributed by atoms with Crippen molar-refractivity contribution in [3.63, 3.8) is 0 Å². The molecule has 0 bridgehead atoms. The van der Waals surface area contributed by atoms with Gasteiger partial charge in [-0.05, 0) is 152 Å². The molecule has 0 radical (unpaired) electrons. The van der Waals surface area contributed by atoms with E-state index in [0.29, 0.717) is 5.92 Å². The molecule has 0 heteroatoms. The molecule has 45 heavy (non-hydrogen) atoms. The quantitative estimate of drug-likeness (QED) is 0.291. The molecule has 0 nitrogen and oxygen atoms in total. The lowest BCUT2D eigenvalue weighted by Crippen LogP contribution is -2.52. The number of rotatable bonds is 6. The minimum absolute atomic E-state index is 0.00781. The van der Waals surface area contributed by atoms with Crippen LogP contribution in [-0.4, -0.2) is 0 Å². The molecule has 6 rings (SSSR count). The smallest absolute Gasteiger partial charge is 0.0194 e. The van der Waals surface area contributed by atoms with Gasteiger partial charge in [-0.1, -0.05) is 118 Å².